The lowest BCUT2D eigenvalue weighted by Gasteiger charge is -2.31. The van der Waals surface area contributed by atoms with Crippen molar-refractivity contribution in [3.8, 4) is 11.5 Å². The van der Waals surface area contributed by atoms with E-state index in [4.69, 9.17) is 9.47 Å². The van der Waals surface area contributed by atoms with Crippen LogP contribution >= 0.6 is 0 Å². The van der Waals surface area contributed by atoms with E-state index in [1.54, 1.807) is 13.2 Å². The molecule has 0 amide bonds. The van der Waals surface area contributed by atoms with Crippen molar-refractivity contribution in [2.45, 2.75) is 19.6 Å². The van der Waals surface area contributed by atoms with Gasteiger partial charge in [-0.05, 0) is 24.6 Å². The molecule has 1 atom stereocenters. The normalized spacial score (nSPS) is 21.4. The van der Waals surface area contributed by atoms with Crippen LogP contribution < -0.4 is 4.74 Å². The standard InChI is InChI=1S/C13H19NO3/c1-10-8-14(5-6-17-10)9-11-3-4-12(15)13(7-11)16-2/h3-4,7,10,15H,5-6,8-9H2,1-2H3. The van der Waals surface area contributed by atoms with Crippen LogP contribution in [0.25, 0.3) is 0 Å². The molecule has 1 heterocycles. The van der Waals surface area contributed by atoms with Gasteiger partial charge in [-0.15, -0.1) is 0 Å². The summed E-state index contributed by atoms with van der Waals surface area (Å²) < 4.78 is 10.6. The first kappa shape index (κ1) is 12.2. The number of methoxy groups -OCH3 is 1. The number of phenolic OH excluding ortho intramolecular Hbond substituents is 1. The molecule has 1 fully saturated rings. The van der Waals surface area contributed by atoms with E-state index in [1.165, 1.54) is 0 Å². The SMILES string of the molecule is COc1cc(CN2CCOC(C)C2)ccc1O. The van der Waals surface area contributed by atoms with Crippen LogP contribution in [0.1, 0.15) is 12.5 Å². The van der Waals surface area contributed by atoms with E-state index in [-0.39, 0.29) is 5.75 Å². The predicted octanol–water partition coefficient (Wildman–Crippen LogP) is 1.62. The van der Waals surface area contributed by atoms with Crippen LogP contribution in [0.3, 0.4) is 0 Å². The highest BCUT2D eigenvalue weighted by Gasteiger charge is 2.17. The van der Waals surface area contributed by atoms with E-state index in [9.17, 15) is 5.11 Å². The molecule has 0 bridgehead atoms. The molecule has 1 aromatic rings. The van der Waals surface area contributed by atoms with Crippen LogP contribution in [-0.2, 0) is 11.3 Å². The van der Waals surface area contributed by atoms with E-state index in [1.807, 2.05) is 12.1 Å². The van der Waals surface area contributed by atoms with Crippen molar-refractivity contribution in [2.75, 3.05) is 26.8 Å². The molecule has 4 nitrogen and oxygen atoms in total. The summed E-state index contributed by atoms with van der Waals surface area (Å²) >= 11 is 0. The van der Waals surface area contributed by atoms with E-state index < -0.39 is 0 Å². The molecular weight excluding hydrogens is 218 g/mol. The third kappa shape index (κ3) is 3.11. The summed E-state index contributed by atoms with van der Waals surface area (Å²) in [5.41, 5.74) is 1.15. The number of hydrogen-bond acceptors (Lipinski definition) is 4. The van der Waals surface area contributed by atoms with Gasteiger partial charge in [-0.1, -0.05) is 6.07 Å². The van der Waals surface area contributed by atoms with Crippen LogP contribution in [0.15, 0.2) is 18.2 Å². The number of morpholine rings is 1. The molecule has 1 saturated heterocycles. The van der Waals surface area contributed by atoms with Crippen molar-refractivity contribution in [3.05, 3.63) is 23.8 Å². The molecule has 1 unspecified atom stereocenters. The van der Waals surface area contributed by atoms with E-state index in [2.05, 4.69) is 11.8 Å². The van der Waals surface area contributed by atoms with Crippen LogP contribution in [0, 0.1) is 0 Å². The van der Waals surface area contributed by atoms with Gasteiger partial charge in [0.05, 0.1) is 19.8 Å². The van der Waals surface area contributed by atoms with Gasteiger partial charge < -0.3 is 14.6 Å². The molecule has 1 N–H and O–H groups in total. The van der Waals surface area contributed by atoms with Gasteiger partial charge in [-0.2, -0.15) is 0 Å². The molecule has 94 valence electrons. The molecule has 17 heavy (non-hydrogen) atoms. The Balaban J connectivity index is 2.02. The molecular formula is C13H19NO3. The van der Waals surface area contributed by atoms with Crippen molar-refractivity contribution < 1.29 is 14.6 Å². The Morgan fingerprint density at radius 2 is 2.35 bits per heavy atom. The maximum absolute atomic E-state index is 9.52. The smallest absolute Gasteiger partial charge is 0.160 e. The zero-order valence-electron chi connectivity index (χ0n) is 10.3. The second-order valence-electron chi connectivity index (χ2n) is 4.42. The second-order valence-corrected chi connectivity index (χ2v) is 4.42. The van der Waals surface area contributed by atoms with Gasteiger partial charge in [0.15, 0.2) is 11.5 Å². The monoisotopic (exact) mass is 237 g/mol. The molecule has 0 saturated carbocycles. The quantitative estimate of drug-likeness (QED) is 0.867. The zero-order valence-corrected chi connectivity index (χ0v) is 10.3. The Morgan fingerprint density at radius 3 is 3.06 bits per heavy atom. The van der Waals surface area contributed by atoms with Gasteiger partial charge >= 0.3 is 0 Å². The summed E-state index contributed by atoms with van der Waals surface area (Å²) in [5.74, 6) is 0.718. The first-order valence-electron chi connectivity index (χ1n) is 5.89. The lowest BCUT2D eigenvalue weighted by Crippen LogP contribution is -2.40. The summed E-state index contributed by atoms with van der Waals surface area (Å²) in [6, 6.07) is 5.49. The van der Waals surface area contributed by atoms with E-state index in [0.29, 0.717) is 11.9 Å². The molecule has 0 aliphatic carbocycles. The third-order valence-electron chi connectivity index (χ3n) is 2.98. The fourth-order valence-electron chi connectivity index (χ4n) is 2.11. The summed E-state index contributed by atoms with van der Waals surface area (Å²) in [4.78, 5) is 2.35. The molecule has 0 aromatic heterocycles. The first-order valence-corrected chi connectivity index (χ1v) is 5.89. The Hall–Kier alpha value is -1.26. The lowest BCUT2D eigenvalue weighted by molar-refractivity contribution is -0.0212. The molecule has 0 spiro atoms. The summed E-state index contributed by atoms with van der Waals surface area (Å²) in [5, 5.41) is 9.52. The summed E-state index contributed by atoms with van der Waals surface area (Å²) in [7, 11) is 1.57. The number of rotatable bonds is 3. The molecule has 4 heteroatoms. The summed E-state index contributed by atoms with van der Waals surface area (Å²) in [6.45, 7) is 5.64. The number of aromatic hydroxyl groups is 1. The van der Waals surface area contributed by atoms with Gasteiger partial charge in [0.25, 0.3) is 0 Å². The highest BCUT2D eigenvalue weighted by molar-refractivity contribution is 5.41. The van der Waals surface area contributed by atoms with Gasteiger partial charge in [0.1, 0.15) is 0 Å². The average Bonchev–Trinajstić information content (AvgIpc) is 2.32. The predicted molar refractivity (Wildman–Crippen MR) is 65.3 cm³/mol. The fourth-order valence-corrected chi connectivity index (χ4v) is 2.11. The third-order valence-corrected chi connectivity index (χ3v) is 2.98. The molecule has 1 aromatic carbocycles. The van der Waals surface area contributed by atoms with E-state index in [0.717, 1.165) is 31.8 Å². The van der Waals surface area contributed by atoms with Crippen molar-refractivity contribution in [1.82, 2.24) is 4.90 Å². The maximum atomic E-state index is 9.52. The lowest BCUT2D eigenvalue weighted by atomic mass is 10.1. The van der Waals surface area contributed by atoms with Gasteiger partial charge in [-0.25, -0.2) is 0 Å². The maximum Gasteiger partial charge on any atom is 0.160 e. The second kappa shape index (κ2) is 5.38. The minimum atomic E-state index is 0.187. The Kier molecular flexibility index (Phi) is 3.86. The highest BCUT2D eigenvalue weighted by Crippen LogP contribution is 2.27. The van der Waals surface area contributed by atoms with Crippen LogP contribution in [0.2, 0.25) is 0 Å². The number of hydrogen-bond donors (Lipinski definition) is 1. The van der Waals surface area contributed by atoms with Crippen molar-refractivity contribution in [2.24, 2.45) is 0 Å². The molecule has 2 rings (SSSR count). The summed E-state index contributed by atoms with van der Waals surface area (Å²) in [6.07, 6.45) is 0.294. The minimum Gasteiger partial charge on any atom is -0.504 e. The number of benzene rings is 1. The fraction of sp³-hybridized carbons (Fsp3) is 0.538. The van der Waals surface area contributed by atoms with Gasteiger partial charge in [0.2, 0.25) is 0 Å². The Morgan fingerprint density at radius 1 is 1.53 bits per heavy atom. The number of nitrogens with zero attached hydrogens (tertiary/aromatic N) is 1. The van der Waals surface area contributed by atoms with Crippen molar-refractivity contribution in [3.63, 3.8) is 0 Å². The van der Waals surface area contributed by atoms with Gasteiger partial charge in [0, 0.05) is 19.6 Å². The van der Waals surface area contributed by atoms with Crippen molar-refractivity contribution >= 4 is 0 Å². The van der Waals surface area contributed by atoms with Crippen LogP contribution in [0.4, 0.5) is 0 Å². The Bertz CT molecular complexity index is 381. The molecule has 1 aliphatic rings. The number of ether oxygens (including phenoxy) is 2. The van der Waals surface area contributed by atoms with Gasteiger partial charge in [-0.3, -0.25) is 4.90 Å². The molecule has 1 aliphatic heterocycles. The zero-order chi connectivity index (χ0) is 12.3. The Labute approximate surface area is 102 Å². The topological polar surface area (TPSA) is 41.9 Å². The number of phenols is 1. The minimum absolute atomic E-state index is 0.187. The van der Waals surface area contributed by atoms with E-state index >= 15 is 0 Å². The first-order chi connectivity index (χ1) is 8.19. The van der Waals surface area contributed by atoms with Crippen LogP contribution in [-0.4, -0.2) is 42.9 Å². The molecule has 0 radical (unpaired) electrons. The highest BCUT2D eigenvalue weighted by atomic mass is 16.5. The largest absolute Gasteiger partial charge is 0.504 e. The average molecular weight is 237 g/mol. The van der Waals surface area contributed by atoms with Crippen LogP contribution in [0.5, 0.6) is 11.5 Å². The van der Waals surface area contributed by atoms with Crippen molar-refractivity contribution in [1.29, 1.82) is 0 Å².